The number of nitrogens with two attached hydrogens (primary N) is 1. The molecule has 0 bridgehead atoms. The van der Waals surface area contributed by atoms with Crippen molar-refractivity contribution in [2.75, 3.05) is 17.2 Å². The Morgan fingerprint density at radius 3 is 2.67 bits per heavy atom. The van der Waals surface area contributed by atoms with Crippen molar-refractivity contribution in [2.24, 2.45) is 0 Å². The Kier molecular flexibility index (Phi) is 2.75. The zero-order valence-corrected chi connectivity index (χ0v) is 9.40. The van der Waals surface area contributed by atoms with Crippen LogP contribution in [0.5, 0.6) is 0 Å². The van der Waals surface area contributed by atoms with Crippen LogP contribution < -0.4 is 10.6 Å². The van der Waals surface area contributed by atoms with Gasteiger partial charge >= 0.3 is 0 Å². The standard InChI is InChI=1S/C11H18N4/c1-3-9-10(12)13-7-14-11(9)15(4-2)8-5-6-8/h7-8H,3-6H2,1-2H3,(H2,12,13,14). The minimum Gasteiger partial charge on any atom is -0.383 e. The van der Waals surface area contributed by atoms with Crippen molar-refractivity contribution in [1.82, 2.24) is 9.97 Å². The molecule has 1 aromatic rings. The van der Waals surface area contributed by atoms with E-state index in [1.54, 1.807) is 6.33 Å². The maximum atomic E-state index is 5.87. The van der Waals surface area contributed by atoms with Gasteiger partial charge in [0.25, 0.3) is 0 Å². The van der Waals surface area contributed by atoms with Crippen molar-refractivity contribution < 1.29 is 0 Å². The molecule has 0 unspecified atom stereocenters. The first-order valence-corrected chi connectivity index (χ1v) is 5.63. The van der Waals surface area contributed by atoms with Crippen LogP contribution in [0.2, 0.25) is 0 Å². The molecule has 0 radical (unpaired) electrons. The van der Waals surface area contributed by atoms with Crippen molar-refractivity contribution in [3.8, 4) is 0 Å². The molecule has 1 fully saturated rings. The minimum atomic E-state index is 0.626. The van der Waals surface area contributed by atoms with E-state index >= 15 is 0 Å². The first-order valence-electron chi connectivity index (χ1n) is 5.63. The lowest BCUT2D eigenvalue weighted by atomic mass is 10.2. The molecule has 0 spiro atoms. The average molecular weight is 206 g/mol. The fourth-order valence-electron chi connectivity index (χ4n) is 1.97. The molecule has 1 heterocycles. The van der Waals surface area contributed by atoms with Gasteiger partial charge in [0.05, 0.1) is 0 Å². The molecule has 1 aromatic heterocycles. The second-order valence-corrected chi connectivity index (χ2v) is 3.93. The summed E-state index contributed by atoms with van der Waals surface area (Å²) in [6.45, 7) is 5.25. The van der Waals surface area contributed by atoms with Gasteiger partial charge in [-0.1, -0.05) is 6.92 Å². The summed E-state index contributed by atoms with van der Waals surface area (Å²) in [4.78, 5) is 10.8. The Balaban J connectivity index is 2.36. The van der Waals surface area contributed by atoms with E-state index in [4.69, 9.17) is 5.73 Å². The van der Waals surface area contributed by atoms with Gasteiger partial charge in [-0.3, -0.25) is 0 Å². The number of aromatic nitrogens is 2. The highest BCUT2D eigenvalue weighted by molar-refractivity contribution is 5.57. The van der Waals surface area contributed by atoms with Crippen LogP contribution in [0, 0.1) is 0 Å². The predicted molar refractivity (Wildman–Crippen MR) is 61.9 cm³/mol. The van der Waals surface area contributed by atoms with Crippen LogP contribution in [-0.4, -0.2) is 22.6 Å². The number of nitrogen functional groups attached to an aromatic ring is 1. The molecule has 0 atom stereocenters. The normalized spacial score (nSPS) is 15.3. The van der Waals surface area contributed by atoms with E-state index in [1.165, 1.54) is 12.8 Å². The van der Waals surface area contributed by atoms with Crippen molar-refractivity contribution in [2.45, 2.75) is 39.2 Å². The van der Waals surface area contributed by atoms with Crippen molar-refractivity contribution in [1.29, 1.82) is 0 Å². The summed E-state index contributed by atoms with van der Waals surface area (Å²) < 4.78 is 0. The molecule has 0 amide bonds. The number of hydrogen-bond acceptors (Lipinski definition) is 4. The van der Waals surface area contributed by atoms with Gasteiger partial charge in [-0.15, -0.1) is 0 Å². The van der Waals surface area contributed by atoms with Crippen molar-refractivity contribution >= 4 is 11.6 Å². The van der Waals surface area contributed by atoms with Crippen LogP contribution in [0.25, 0.3) is 0 Å². The van der Waals surface area contributed by atoms with Gasteiger partial charge in [-0.2, -0.15) is 0 Å². The van der Waals surface area contributed by atoms with Crippen LogP contribution in [0.3, 0.4) is 0 Å². The quantitative estimate of drug-likeness (QED) is 0.813. The maximum Gasteiger partial charge on any atom is 0.137 e. The lowest BCUT2D eigenvalue weighted by molar-refractivity contribution is 0.794. The van der Waals surface area contributed by atoms with Gasteiger partial charge in [-0.05, 0) is 26.2 Å². The molecule has 82 valence electrons. The van der Waals surface area contributed by atoms with Gasteiger partial charge in [0.1, 0.15) is 18.0 Å². The van der Waals surface area contributed by atoms with E-state index < -0.39 is 0 Å². The Hall–Kier alpha value is -1.32. The SMILES string of the molecule is CCc1c(N)ncnc1N(CC)C1CC1. The number of nitrogens with zero attached hydrogens (tertiary/aromatic N) is 3. The lowest BCUT2D eigenvalue weighted by Crippen LogP contribution is -2.27. The molecule has 4 nitrogen and oxygen atoms in total. The van der Waals surface area contributed by atoms with Crippen LogP contribution in [0.4, 0.5) is 11.6 Å². The first-order chi connectivity index (χ1) is 7.27. The van der Waals surface area contributed by atoms with Crippen LogP contribution in [0.1, 0.15) is 32.3 Å². The summed E-state index contributed by atoms with van der Waals surface area (Å²) in [5.41, 5.74) is 6.96. The van der Waals surface area contributed by atoms with Gasteiger partial charge in [0.15, 0.2) is 0 Å². The molecule has 1 aliphatic rings. The van der Waals surface area contributed by atoms with Gasteiger partial charge in [0.2, 0.25) is 0 Å². The fraction of sp³-hybridized carbons (Fsp3) is 0.636. The molecular formula is C11H18N4. The van der Waals surface area contributed by atoms with E-state index in [-0.39, 0.29) is 0 Å². The molecular weight excluding hydrogens is 188 g/mol. The Morgan fingerprint density at radius 2 is 2.13 bits per heavy atom. The molecule has 4 heteroatoms. The molecule has 15 heavy (non-hydrogen) atoms. The third-order valence-electron chi connectivity index (χ3n) is 2.91. The Morgan fingerprint density at radius 1 is 1.40 bits per heavy atom. The monoisotopic (exact) mass is 206 g/mol. The largest absolute Gasteiger partial charge is 0.383 e. The second-order valence-electron chi connectivity index (χ2n) is 3.93. The molecule has 0 aromatic carbocycles. The van der Waals surface area contributed by atoms with Crippen molar-refractivity contribution in [3.63, 3.8) is 0 Å². The zero-order chi connectivity index (χ0) is 10.8. The smallest absolute Gasteiger partial charge is 0.137 e. The average Bonchev–Trinajstić information content (AvgIpc) is 3.04. The van der Waals surface area contributed by atoms with E-state index in [0.29, 0.717) is 11.9 Å². The fourth-order valence-corrected chi connectivity index (χ4v) is 1.97. The summed E-state index contributed by atoms with van der Waals surface area (Å²) in [6.07, 6.45) is 5.02. The second kappa shape index (κ2) is 4.04. The highest BCUT2D eigenvalue weighted by Crippen LogP contribution is 2.33. The Bertz CT molecular complexity index is 346. The topological polar surface area (TPSA) is 55.0 Å². The van der Waals surface area contributed by atoms with E-state index in [0.717, 1.165) is 24.3 Å². The summed E-state index contributed by atoms with van der Waals surface area (Å²) >= 11 is 0. The maximum absolute atomic E-state index is 5.87. The summed E-state index contributed by atoms with van der Waals surface area (Å²) in [5.74, 6) is 1.66. The van der Waals surface area contributed by atoms with Crippen LogP contribution in [0.15, 0.2) is 6.33 Å². The zero-order valence-electron chi connectivity index (χ0n) is 9.40. The highest BCUT2D eigenvalue weighted by Gasteiger charge is 2.30. The summed E-state index contributed by atoms with van der Waals surface area (Å²) in [6, 6.07) is 0.676. The third kappa shape index (κ3) is 1.89. The summed E-state index contributed by atoms with van der Waals surface area (Å²) in [7, 11) is 0. The molecule has 0 aliphatic heterocycles. The van der Waals surface area contributed by atoms with Crippen LogP contribution in [-0.2, 0) is 6.42 Å². The highest BCUT2D eigenvalue weighted by atomic mass is 15.2. The van der Waals surface area contributed by atoms with E-state index in [1.807, 2.05) is 0 Å². The number of hydrogen-bond donors (Lipinski definition) is 1. The number of anilines is 2. The molecule has 2 N–H and O–H groups in total. The van der Waals surface area contributed by atoms with Crippen LogP contribution >= 0.6 is 0 Å². The van der Waals surface area contributed by atoms with Crippen molar-refractivity contribution in [3.05, 3.63) is 11.9 Å². The van der Waals surface area contributed by atoms with Gasteiger partial charge < -0.3 is 10.6 Å². The molecule has 0 saturated heterocycles. The van der Waals surface area contributed by atoms with Gasteiger partial charge in [0, 0.05) is 18.2 Å². The molecule has 1 saturated carbocycles. The Labute approximate surface area is 90.5 Å². The molecule has 2 rings (SSSR count). The lowest BCUT2D eigenvalue weighted by Gasteiger charge is -2.24. The third-order valence-corrected chi connectivity index (χ3v) is 2.91. The minimum absolute atomic E-state index is 0.626. The predicted octanol–water partition coefficient (Wildman–Crippen LogP) is 1.61. The van der Waals surface area contributed by atoms with Gasteiger partial charge in [-0.25, -0.2) is 9.97 Å². The van der Waals surface area contributed by atoms with E-state index in [9.17, 15) is 0 Å². The molecule has 1 aliphatic carbocycles. The first kappa shape index (κ1) is 10.2. The van der Waals surface area contributed by atoms with E-state index in [2.05, 4.69) is 28.7 Å². The number of rotatable bonds is 4. The summed E-state index contributed by atoms with van der Waals surface area (Å²) in [5, 5.41) is 0.